The molecule has 4 rings (SSSR count). The summed E-state index contributed by atoms with van der Waals surface area (Å²) in [5.74, 6) is -0.233. The molecule has 0 atom stereocenters. The highest BCUT2D eigenvalue weighted by Gasteiger charge is 2.25. The second kappa shape index (κ2) is 7.76. The minimum Gasteiger partial charge on any atom is -0.378 e. The van der Waals surface area contributed by atoms with Crippen molar-refractivity contribution in [3.05, 3.63) is 59.9 Å². The van der Waals surface area contributed by atoms with Gasteiger partial charge in [-0.2, -0.15) is 0 Å². The number of morpholine rings is 1. The van der Waals surface area contributed by atoms with Gasteiger partial charge in [-0.3, -0.25) is 19.5 Å². The van der Waals surface area contributed by atoms with E-state index in [2.05, 4.69) is 14.7 Å². The summed E-state index contributed by atoms with van der Waals surface area (Å²) in [6.45, 7) is 3.71. The van der Waals surface area contributed by atoms with Gasteiger partial charge < -0.3 is 9.64 Å². The monoisotopic (exact) mass is 412 g/mol. The number of rotatable bonds is 4. The summed E-state index contributed by atoms with van der Waals surface area (Å²) in [5.41, 5.74) is 2.12. The number of aryl methyl sites for hydroxylation is 1. The van der Waals surface area contributed by atoms with Crippen molar-refractivity contribution in [1.29, 1.82) is 0 Å². The summed E-state index contributed by atoms with van der Waals surface area (Å²) >= 11 is 0. The van der Waals surface area contributed by atoms with Crippen LogP contribution >= 0.6 is 0 Å². The molecule has 1 N–H and O–H groups in total. The Kier molecular flexibility index (Phi) is 5.16. The predicted octanol–water partition coefficient (Wildman–Crippen LogP) is 2.21. The molecule has 1 aliphatic heterocycles. The first-order valence-corrected chi connectivity index (χ1v) is 10.6. The van der Waals surface area contributed by atoms with Crippen molar-refractivity contribution in [3.63, 3.8) is 0 Å². The van der Waals surface area contributed by atoms with E-state index in [0.29, 0.717) is 37.4 Å². The lowest BCUT2D eigenvalue weighted by molar-refractivity contribution is 0.0303. The van der Waals surface area contributed by atoms with Gasteiger partial charge in [0.2, 0.25) is 0 Å². The third-order valence-electron chi connectivity index (χ3n) is 4.70. The Hall–Kier alpha value is -3.04. The van der Waals surface area contributed by atoms with Crippen LogP contribution in [0.1, 0.15) is 15.9 Å². The summed E-state index contributed by atoms with van der Waals surface area (Å²) in [7, 11) is -3.99. The van der Waals surface area contributed by atoms with Crippen LogP contribution in [0.25, 0.3) is 11.0 Å². The maximum absolute atomic E-state index is 13.2. The minimum absolute atomic E-state index is 0.00868. The molecule has 0 radical (unpaired) electrons. The number of carbonyl (C=O) groups is 1. The minimum atomic E-state index is -3.99. The van der Waals surface area contributed by atoms with E-state index in [1.54, 1.807) is 35.2 Å². The first kappa shape index (κ1) is 19.3. The fourth-order valence-corrected chi connectivity index (χ4v) is 4.49. The van der Waals surface area contributed by atoms with Gasteiger partial charge in [-0.05, 0) is 36.8 Å². The summed E-state index contributed by atoms with van der Waals surface area (Å²) in [6.07, 6.45) is 2.95. The molecule has 0 unspecified atom stereocenters. The molecule has 1 aliphatic rings. The van der Waals surface area contributed by atoms with Crippen LogP contribution in [0.15, 0.2) is 53.7 Å². The van der Waals surface area contributed by atoms with Gasteiger partial charge in [0, 0.05) is 25.5 Å². The zero-order valence-corrected chi connectivity index (χ0v) is 16.6. The number of anilines is 1. The third-order valence-corrected chi connectivity index (χ3v) is 6.10. The lowest BCUT2D eigenvalue weighted by Gasteiger charge is -2.27. The van der Waals surface area contributed by atoms with E-state index in [4.69, 9.17) is 4.74 Å². The maximum atomic E-state index is 13.2. The molecule has 1 aromatic heterocycles. The number of para-hydroxylation sites is 1. The van der Waals surface area contributed by atoms with E-state index in [0.717, 1.165) is 5.56 Å². The Morgan fingerprint density at radius 1 is 1.10 bits per heavy atom. The molecule has 9 heteroatoms. The predicted molar refractivity (Wildman–Crippen MR) is 108 cm³/mol. The number of carbonyl (C=O) groups excluding carboxylic acids is 1. The van der Waals surface area contributed by atoms with Crippen molar-refractivity contribution in [1.82, 2.24) is 14.9 Å². The van der Waals surface area contributed by atoms with E-state index in [9.17, 15) is 13.2 Å². The van der Waals surface area contributed by atoms with Crippen LogP contribution in [0.5, 0.6) is 0 Å². The number of nitrogens with zero attached hydrogens (tertiary/aromatic N) is 3. The molecule has 150 valence electrons. The Morgan fingerprint density at radius 2 is 1.86 bits per heavy atom. The molecule has 2 aromatic carbocycles. The smallest absolute Gasteiger partial charge is 0.264 e. The molecule has 3 aromatic rings. The van der Waals surface area contributed by atoms with E-state index >= 15 is 0 Å². The molecule has 0 aliphatic carbocycles. The highest BCUT2D eigenvalue weighted by Crippen LogP contribution is 2.26. The first-order valence-electron chi connectivity index (χ1n) is 9.16. The number of nitrogens with one attached hydrogen (secondary N) is 1. The van der Waals surface area contributed by atoms with Crippen molar-refractivity contribution in [2.75, 3.05) is 31.0 Å². The molecule has 0 saturated carbocycles. The van der Waals surface area contributed by atoms with Gasteiger partial charge in [-0.1, -0.05) is 12.1 Å². The number of aromatic nitrogens is 2. The molecule has 1 fully saturated rings. The van der Waals surface area contributed by atoms with Gasteiger partial charge in [0.1, 0.15) is 10.4 Å². The van der Waals surface area contributed by atoms with Crippen LogP contribution in [0, 0.1) is 6.92 Å². The number of hydrogen-bond donors (Lipinski definition) is 1. The topological polar surface area (TPSA) is 101 Å². The lowest BCUT2D eigenvalue weighted by Crippen LogP contribution is -2.41. The third kappa shape index (κ3) is 3.92. The summed E-state index contributed by atoms with van der Waals surface area (Å²) in [6, 6.07) is 9.87. The first-order chi connectivity index (χ1) is 14.0. The second-order valence-corrected chi connectivity index (χ2v) is 8.39. The van der Waals surface area contributed by atoms with Gasteiger partial charge >= 0.3 is 0 Å². The zero-order chi connectivity index (χ0) is 20.4. The summed E-state index contributed by atoms with van der Waals surface area (Å²) < 4.78 is 34.2. The Labute approximate surface area is 168 Å². The normalized spacial score (nSPS) is 14.7. The number of amides is 1. The second-order valence-electron chi connectivity index (χ2n) is 6.74. The van der Waals surface area contributed by atoms with Crippen molar-refractivity contribution in [2.24, 2.45) is 0 Å². The Balaban J connectivity index is 1.73. The van der Waals surface area contributed by atoms with Crippen molar-refractivity contribution in [3.8, 4) is 0 Å². The number of benzene rings is 2. The van der Waals surface area contributed by atoms with Crippen molar-refractivity contribution < 1.29 is 17.9 Å². The Morgan fingerprint density at radius 3 is 2.66 bits per heavy atom. The number of sulfonamides is 1. The summed E-state index contributed by atoms with van der Waals surface area (Å²) in [4.78, 5) is 23.0. The van der Waals surface area contributed by atoms with Crippen LogP contribution < -0.4 is 4.72 Å². The Bertz CT molecular complexity index is 1170. The average Bonchev–Trinajstić information content (AvgIpc) is 2.73. The van der Waals surface area contributed by atoms with Gasteiger partial charge in [-0.25, -0.2) is 8.42 Å². The van der Waals surface area contributed by atoms with Crippen LogP contribution in [0.4, 0.5) is 5.69 Å². The van der Waals surface area contributed by atoms with Gasteiger partial charge in [-0.15, -0.1) is 0 Å². The van der Waals surface area contributed by atoms with E-state index in [1.807, 2.05) is 6.92 Å². The lowest BCUT2D eigenvalue weighted by atomic mass is 10.1. The SMILES string of the molecule is Cc1ccc(C(=O)N2CCOCC2)c(NS(=O)(=O)c2cccc3nccnc23)c1. The number of fused-ring (bicyclic) bond motifs is 1. The summed E-state index contributed by atoms with van der Waals surface area (Å²) in [5, 5.41) is 0. The fraction of sp³-hybridized carbons (Fsp3) is 0.250. The van der Waals surface area contributed by atoms with Crippen LogP contribution in [0.2, 0.25) is 0 Å². The highest BCUT2D eigenvalue weighted by molar-refractivity contribution is 7.93. The van der Waals surface area contributed by atoms with Gasteiger partial charge in [0.05, 0.1) is 30.0 Å². The number of ether oxygens (including phenoxy) is 1. The molecular weight excluding hydrogens is 392 g/mol. The molecule has 2 heterocycles. The molecule has 29 heavy (non-hydrogen) atoms. The molecule has 0 spiro atoms. The molecular formula is C20H20N4O4S. The van der Waals surface area contributed by atoms with Gasteiger partial charge in [0.25, 0.3) is 15.9 Å². The maximum Gasteiger partial charge on any atom is 0.264 e. The molecule has 1 saturated heterocycles. The molecule has 8 nitrogen and oxygen atoms in total. The molecule has 0 bridgehead atoms. The number of hydrogen-bond acceptors (Lipinski definition) is 6. The average molecular weight is 412 g/mol. The van der Waals surface area contributed by atoms with Crippen LogP contribution in [-0.2, 0) is 14.8 Å². The highest BCUT2D eigenvalue weighted by atomic mass is 32.2. The van der Waals surface area contributed by atoms with Crippen molar-refractivity contribution in [2.45, 2.75) is 11.8 Å². The largest absolute Gasteiger partial charge is 0.378 e. The van der Waals surface area contributed by atoms with E-state index in [1.165, 1.54) is 18.5 Å². The van der Waals surface area contributed by atoms with Gasteiger partial charge in [0.15, 0.2) is 0 Å². The van der Waals surface area contributed by atoms with E-state index < -0.39 is 10.0 Å². The molecule has 1 amide bonds. The van der Waals surface area contributed by atoms with E-state index in [-0.39, 0.29) is 22.0 Å². The van der Waals surface area contributed by atoms with Crippen LogP contribution in [-0.4, -0.2) is 55.5 Å². The van der Waals surface area contributed by atoms with Crippen LogP contribution in [0.3, 0.4) is 0 Å². The zero-order valence-electron chi connectivity index (χ0n) is 15.8. The van der Waals surface area contributed by atoms with Crippen molar-refractivity contribution >= 4 is 32.7 Å². The quantitative estimate of drug-likeness (QED) is 0.705. The fourth-order valence-electron chi connectivity index (χ4n) is 3.25. The standard InChI is InChI=1S/C20H20N4O4S/c1-14-5-6-15(20(25)24-9-11-28-12-10-24)17(13-14)23-29(26,27)18-4-2-3-16-19(18)22-8-7-21-16/h2-8,13,23H,9-12H2,1H3.